The van der Waals surface area contributed by atoms with Crippen LogP contribution < -0.4 is 4.74 Å². The van der Waals surface area contributed by atoms with Gasteiger partial charge >= 0.3 is 0 Å². The summed E-state index contributed by atoms with van der Waals surface area (Å²) in [5, 5.41) is 8.25. The molecule has 0 bridgehead atoms. The highest BCUT2D eigenvalue weighted by atomic mass is 16.5. The minimum atomic E-state index is 0.0216. The van der Waals surface area contributed by atoms with Gasteiger partial charge < -0.3 is 9.15 Å². The van der Waals surface area contributed by atoms with Crippen LogP contribution in [0.3, 0.4) is 0 Å². The van der Waals surface area contributed by atoms with Gasteiger partial charge in [0.1, 0.15) is 5.69 Å². The van der Waals surface area contributed by atoms with Crippen LogP contribution in [0.25, 0.3) is 22.3 Å². The molecular weight excluding hydrogens is 400 g/mol. The van der Waals surface area contributed by atoms with E-state index in [0.29, 0.717) is 11.8 Å². The number of para-hydroxylation sites is 2. The van der Waals surface area contributed by atoms with E-state index >= 15 is 0 Å². The molecule has 0 atom stereocenters. The number of aromatic nitrogens is 4. The lowest BCUT2D eigenvalue weighted by atomic mass is 10.0. The molecule has 2 aromatic heterocycles. The predicted molar refractivity (Wildman–Crippen MR) is 126 cm³/mol. The lowest BCUT2D eigenvalue weighted by Crippen LogP contribution is -2.09. The summed E-state index contributed by atoms with van der Waals surface area (Å²) in [6.45, 7) is 8.12. The average Bonchev–Trinajstić information content (AvgIpc) is 3.25. The van der Waals surface area contributed by atoms with Crippen LogP contribution in [0.15, 0.2) is 52.9 Å². The molecule has 0 amide bonds. The number of benzene rings is 2. The molecule has 32 heavy (non-hydrogen) atoms. The molecule has 4 aromatic rings. The molecule has 0 fully saturated rings. The van der Waals surface area contributed by atoms with Gasteiger partial charge in [0.25, 0.3) is 0 Å². The molecule has 166 valence electrons. The fourth-order valence-electron chi connectivity index (χ4n) is 3.56. The van der Waals surface area contributed by atoms with E-state index < -0.39 is 0 Å². The maximum Gasteiger partial charge on any atom is 0.241 e. The molecule has 0 saturated carbocycles. The molecule has 6 heteroatoms. The largest absolute Gasteiger partial charge is 0.473 e. The Morgan fingerprint density at radius 3 is 2.31 bits per heavy atom. The second-order valence-corrected chi connectivity index (χ2v) is 8.63. The van der Waals surface area contributed by atoms with Crippen LogP contribution in [0.5, 0.6) is 5.88 Å². The van der Waals surface area contributed by atoms with Crippen LogP contribution in [-0.2, 0) is 12.8 Å². The number of nitrogens with zero attached hydrogens (tertiary/aromatic N) is 4. The topological polar surface area (TPSA) is 73.9 Å². The van der Waals surface area contributed by atoms with Crippen LogP contribution in [0, 0.1) is 0 Å². The van der Waals surface area contributed by atoms with Gasteiger partial charge in [-0.3, -0.25) is 0 Å². The lowest BCUT2D eigenvalue weighted by molar-refractivity contribution is 0.234. The third-order valence-corrected chi connectivity index (χ3v) is 5.17. The van der Waals surface area contributed by atoms with Gasteiger partial charge in [0, 0.05) is 17.9 Å². The zero-order chi connectivity index (χ0) is 22.5. The van der Waals surface area contributed by atoms with Crippen LogP contribution in [0.1, 0.15) is 63.8 Å². The minimum absolute atomic E-state index is 0.0216. The third kappa shape index (κ3) is 5.31. The highest BCUT2D eigenvalue weighted by Gasteiger charge is 2.14. The number of ether oxygens (including phenoxy) is 1. The smallest absolute Gasteiger partial charge is 0.241 e. The molecule has 4 rings (SSSR count). The number of fused-ring (bicyclic) bond motifs is 1. The Bertz CT molecular complexity index is 1180. The van der Waals surface area contributed by atoms with E-state index in [0.717, 1.165) is 53.9 Å². The molecule has 0 aliphatic carbocycles. The first-order chi connectivity index (χ1) is 15.5. The summed E-state index contributed by atoms with van der Waals surface area (Å²) in [7, 11) is 0. The van der Waals surface area contributed by atoms with E-state index in [4.69, 9.17) is 19.1 Å². The summed E-state index contributed by atoms with van der Waals surface area (Å²) < 4.78 is 11.7. The van der Waals surface area contributed by atoms with Crippen molar-refractivity contribution < 1.29 is 9.15 Å². The fraction of sp³-hybridized carbons (Fsp3) is 0.385. The average molecular weight is 431 g/mol. The number of unbranched alkanes of at least 4 members (excludes halogenated alkanes) is 1. The Labute approximate surface area is 189 Å². The summed E-state index contributed by atoms with van der Waals surface area (Å²) in [6.07, 6.45) is 3.85. The zero-order valence-electron chi connectivity index (χ0n) is 19.2. The maximum atomic E-state index is 6.02. The number of hydrogen-bond acceptors (Lipinski definition) is 6. The van der Waals surface area contributed by atoms with Crippen molar-refractivity contribution in [3.8, 4) is 17.1 Å². The van der Waals surface area contributed by atoms with E-state index in [1.54, 1.807) is 0 Å². The van der Waals surface area contributed by atoms with Crippen molar-refractivity contribution in [3.05, 3.63) is 65.9 Å². The van der Waals surface area contributed by atoms with E-state index in [-0.39, 0.29) is 12.0 Å². The molecule has 6 nitrogen and oxygen atoms in total. The Hall–Kier alpha value is -3.28. The van der Waals surface area contributed by atoms with Crippen molar-refractivity contribution in [1.82, 2.24) is 20.2 Å². The molecule has 2 aromatic carbocycles. The first-order valence-electron chi connectivity index (χ1n) is 11.3. The second-order valence-electron chi connectivity index (χ2n) is 8.63. The predicted octanol–water partition coefficient (Wildman–Crippen LogP) is 6.16. The Morgan fingerprint density at radius 2 is 1.59 bits per heavy atom. The van der Waals surface area contributed by atoms with E-state index in [2.05, 4.69) is 48.3 Å². The molecule has 0 aliphatic rings. The summed E-state index contributed by atoms with van der Waals surface area (Å²) in [4.78, 5) is 9.61. The molecule has 0 spiro atoms. The van der Waals surface area contributed by atoms with Crippen molar-refractivity contribution in [2.75, 3.05) is 0 Å². The van der Waals surface area contributed by atoms with Gasteiger partial charge in [-0.1, -0.05) is 44.2 Å². The minimum Gasteiger partial charge on any atom is -0.473 e. The second kappa shape index (κ2) is 9.90. The highest BCUT2D eigenvalue weighted by molar-refractivity contribution is 5.79. The molecule has 2 heterocycles. The van der Waals surface area contributed by atoms with Gasteiger partial charge in [0.15, 0.2) is 0 Å². The van der Waals surface area contributed by atoms with Crippen LogP contribution in [0.4, 0.5) is 0 Å². The Kier molecular flexibility index (Phi) is 6.78. The fourth-order valence-corrected chi connectivity index (χ4v) is 3.56. The van der Waals surface area contributed by atoms with E-state index in [1.807, 2.05) is 38.1 Å². The Morgan fingerprint density at radius 1 is 0.844 bits per heavy atom. The zero-order valence-corrected chi connectivity index (χ0v) is 19.2. The van der Waals surface area contributed by atoms with E-state index in [9.17, 15) is 0 Å². The first-order valence-corrected chi connectivity index (χ1v) is 11.3. The van der Waals surface area contributed by atoms with Gasteiger partial charge in [-0.25, -0.2) is 9.97 Å². The first kappa shape index (κ1) is 21.9. The quantitative estimate of drug-likeness (QED) is 0.296. The standard InChI is InChI=1S/C26H30N4O2/c1-17(2)25-30-29-23(32-25)15-8-5-10-19-11-9-12-20(16-19)24-26(31-18(3)4)28-22-14-7-6-13-21(22)27-24/h6-7,9,11-14,16-18H,5,8,10,15H2,1-4H3. The van der Waals surface area contributed by atoms with Crippen molar-refractivity contribution in [3.63, 3.8) is 0 Å². The molecule has 0 N–H and O–H groups in total. The SMILES string of the molecule is CC(C)Oc1nc2ccccc2nc1-c1cccc(CCCCc2nnc(C(C)C)o2)c1. The van der Waals surface area contributed by atoms with Gasteiger partial charge in [-0.05, 0) is 56.9 Å². The highest BCUT2D eigenvalue weighted by Crippen LogP contribution is 2.30. The molecule has 0 aliphatic heterocycles. The summed E-state index contributed by atoms with van der Waals surface area (Å²) in [6, 6.07) is 16.4. The normalized spacial score (nSPS) is 11.6. The molecule has 0 saturated heterocycles. The number of rotatable bonds is 9. The van der Waals surface area contributed by atoms with Gasteiger partial charge in [0.2, 0.25) is 17.7 Å². The van der Waals surface area contributed by atoms with Crippen LogP contribution >= 0.6 is 0 Å². The molecule has 0 unspecified atom stereocenters. The molecular formula is C26H30N4O2. The summed E-state index contributed by atoms with van der Waals surface area (Å²) >= 11 is 0. The van der Waals surface area contributed by atoms with Crippen LogP contribution in [-0.4, -0.2) is 26.3 Å². The maximum absolute atomic E-state index is 6.02. The van der Waals surface area contributed by atoms with Gasteiger partial charge in [-0.2, -0.15) is 0 Å². The number of hydrogen-bond donors (Lipinski definition) is 0. The van der Waals surface area contributed by atoms with Gasteiger partial charge in [0.05, 0.1) is 17.1 Å². The molecule has 0 radical (unpaired) electrons. The van der Waals surface area contributed by atoms with Crippen molar-refractivity contribution in [2.24, 2.45) is 0 Å². The van der Waals surface area contributed by atoms with E-state index in [1.165, 1.54) is 5.56 Å². The summed E-state index contributed by atoms with van der Waals surface area (Å²) in [5.41, 5.74) is 4.77. The Balaban J connectivity index is 1.48. The lowest BCUT2D eigenvalue weighted by Gasteiger charge is -2.14. The number of aryl methyl sites for hydroxylation is 2. The van der Waals surface area contributed by atoms with Crippen LogP contribution in [0.2, 0.25) is 0 Å². The van der Waals surface area contributed by atoms with Crippen molar-refractivity contribution >= 4 is 11.0 Å². The van der Waals surface area contributed by atoms with Crippen molar-refractivity contribution in [2.45, 2.75) is 65.4 Å². The summed E-state index contributed by atoms with van der Waals surface area (Å²) in [5.74, 6) is 2.28. The monoisotopic (exact) mass is 430 g/mol. The third-order valence-electron chi connectivity index (χ3n) is 5.17. The van der Waals surface area contributed by atoms with Gasteiger partial charge in [-0.15, -0.1) is 10.2 Å². The van der Waals surface area contributed by atoms with Crippen molar-refractivity contribution in [1.29, 1.82) is 0 Å².